The molecule has 1 rings (SSSR count). The van der Waals surface area contributed by atoms with Gasteiger partial charge in [-0.15, -0.1) is 0 Å². The predicted molar refractivity (Wildman–Crippen MR) is 75.0 cm³/mol. The molecule has 2 heteroatoms. The van der Waals surface area contributed by atoms with Gasteiger partial charge in [0.25, 0.3) is 0 Å². The Morgan fingerprint density at radius 3 is 2.50 bits per heavy atom. The van der Waals surface area contributed by atoms with E-state index in [4.69, 9.17) is 0 Å². The van der Waals surface area contributed by atoms with E-state index in [0.717, 1.165) is 0 Å². The molecule has 0 aromatic heterocycles. The monoisotopic (exact) mass is 237 g/mol. The highest BCUT2D eigenvalue weighted by Crippen LogP contribution is 2.25. The van der Waals surface area contributed by atoms with Crippen LogP contribution in [0.4, 0.5) is 0 Å². The molecule has 0 spiro atoms. The third-order valence-electron chi connectivity index (χ3n) is 2.96. The summed E-state index contributed by atoms with van der Waals surface area (Å²) in [6.45, 7) is 4.56. The van der Waals surface area contributed by atoms with Crippen LogP contribution in [0.1, 0.15) is 31.9 Å². The average molecular weight is 237 g/mol. The van der Waals surface area contributed by atoms with Crippen molar-refractivity contribution < 1.29 is 0 Å². The molecule has 1 aromatic rings. The van der Waals surface area contributed by atoms with Crippen LogP contribution in [-0.4, -0.2) is 18.6 Å². The highest BCUT2D eigenvalue weighted by atomic mass is 32.2. The van der Waals surface area contributed by atoms with Gasteiger partial charge >= 0.3 is 0 Å². The first-order valence-corrected chi connectivity index (χ1v) is 7.25. The number of hydrogen-bond acceptors (Lipinski definition) is 2. The minimum absolute atomic E-state index is 0.485. The summed E-state index contributed by atoms with van der Waals surface area (Å²) in [6, 6.07) is 11.2. The molecule has 1 N–H and O–H groups in total. The molecule has 0 heterocycles. The van der Waals surface area contributed by atoms with E-state index >= 15 is 0 Å². The van der Waals surface area contributed by atoms with Crippen molar-refractivity contribution in [3.05, 3.63) is 35.9 Å². The molecule has 0 bridgehead atoms. The Bertz CT molecular complexity index is 273. The lowest BCUT2D eigenvalue weighted by Gasteiger charge is -2.24. The van der Waals surface area contributed by atoms with E-state index in [1.807, 2.05) is 11.8 Å². The predicted octanol–water partition coefficient (Wildman–Crippen LogP) is 3.73. The second-order valence-corrected chi connectivity index (χ2v) is 5.53. The summed E-state index contributed by atoms with van der Waals surface area (Å²) < 4.78 is 0. The van der Waals surface area contributed by atoms with Crippen LogP contribution in [0.2, 0.25) is 0 Å². The zero-order chi connectivity index (χ0) is 11.8. The smallest absolute Gasteiger partial charge is 0.0343 e. The van der Waals surface area contributed by atoms with Crippen LogP contribution in [0.3, 0.4) is 0 Å². The standard InChI is InChI=1S/C14H23NS/c1-4-16-11-10-12(2)14(15-3)13-8-6-5-7-9-13/h5-9,12,14-15H,4,10-11H2,1-3H3. The average Bonchev–Trinajstić information content (AvgIpc) is 2.32. The van der Waals surface area contributed by atoms with Crippen molar-refractivity contribution in [2.45, 2.75) is 26.3 Å². The second kappa shape index (κ2) is 7.75. The SMILES string of the molecule is CCSCCC(C)C(NC)c1ccccc1. The molecular formula is C14H23NS. The van der Waals surface area contributed by atoms with Gasteiger partial charge in [0, 0.05) is 6.04 Å². The summed E-state index contributed by atoms with van der Waals surface area (Å²) >= 11 is 2.03. The Labute approximate surface area is 104 Å². The molecule has 1 aromatic carbocycles. The number of hydrogen-bond donors (Lipinski definition) is 1. The van der Waals surface area contributed by atoms with Crippen molar-refractivity contribution in [2.24, 2.45) is 5.92 Å². The Kier molecular flexibility index (Phi) is 6.58. The van der Waals surface area contributed by atoms with Crippen LogP contribution in [0, 0.1) is 5.92 Å². The minimum Gasteiger partial charge on any atom is -0.313 e. The van der Waals surface area contributed by atoms with Gasteiger partial charge in [-0.2, -0.15) is 11.8 Å². The maximum Gasteiger partial charge on any atom is 0.0343 e. The van der Waals surface area contributed by atoms with E-state index in [1.165, 1.54) is 23.5 Å². The lowest BCUT2D eigenvalue weighted by atomic mass is 9.93. The Hall–Kier alpha value is -0.470. The molecule has 0 aliphatic carbocycles. The largest absolute Gasteiger partial charge is 0.313 e. The molecule has 2 atom stereocenters. The van der Waals surface area contributed by atoms with Gasteiger partial charge in [-0.1, -0.05) is 44.2 Å². The molecule has 0 aliphatic rings. The third-order valence-corrected chi connectivity index (χ3v) is 3.89. The lowest BCUT2D eigenvalue weighted by molar-refractivity contribution is 0.403. The van der Waals surface area contributed by atoms with Crippen molar-refractivity contribution in [3.8, 4) is 0 Å². The maximum absolute atomic E-state index is 3.44. The van der Waals surface area contributed by atoms with Crippen molar-refractivity contribution in [1.29, 1.82) is 0 Å². The van der Waals surface area contributed by atoms with Crippen LogP contribution >= 0.6 is 11.8 Å². The number of benzene rings is 1. The van der Waals surface area contributed by atoms with Crippen LogP contribution in [0.25, 0.3) is 0 Å². The zero-order valence-corrected chi connectivity index (χ0v) is 11.4. The fourth-order valence-corrected chi connectivity index (χ4v) is 2.85. The fraction of sp³-hybridized carbons (Fsp3) is 0.571. The van der Waals surface area contributed by atoms with Gasteiger partial charge in [0.2, 0.25) is 0 Å². The van der Waals surface area contributed by atoms with Crippen LogP contribution < -0.4 is 5.32 Å². The van der Waals surface area contributed by atoms with Gasteiger partial charge in [-0.3, -0.25) is 0 Å². The molecule has 0 radical (unpaired) electrons. The van der Waals surface area contributed by atoms with E-state index in [-0.39, 0.29) is 0 Å². The third kappa shape index (κ3) is 4.18. The minimum atomic E-state index is 0.485. The summed E-state index contributed by atoms with van der Waals surface area (Å²) in [5.41, 5.74) is 1.40. The fourth-order valence-electron chi connectivity index (χ4n) is 2.02. The van der Waals surface area contributed by atoms with Gasteiger partial charge in [-0.25, -0.2) is 0 Å². The summed E-state index contributed by atoms with van der Waals surface area (Å²) in [5.74, 6) is 3.18. The number of thioether (sulfide) groups is 1. The van der Waals surface area contributed by atoms with Crippen molar-refractivity contribution in [2.75, 3.05) is 18.6 Å². The molecule has 16 heavy (non-hydrogen) atoms. The lowest BCUT2D eigenvalue weighted by Crippen LogP contribution is -2.23. The highest BCUT2D eigenvalue weighted by Gasteiger charge is 2.16. The molecule has 0 aliphatic heterocycles. The quantitative estimate of drug-likeness (QED) is 0.725. The number of rotatable bonds is 7. The summed E-state index contributed by atoms with van der Waals surface area (Å²) in [6.07, 6.45) is 1.28. The first-order valence-electron chi connectivity index (χ1n) is 6.09. The molecule has 90 valence electrons. The first-order chi connectivity index (χ1) is 7.79. The zero-order valence-electron chi connectivity index (χ0n) is 10.6. The molecule has 0 saturated carbocycles. The van der Waals surface area contributed by atoms with Crippen LogP contribution in [0.15, 0.2) is 30.3 Å². The molecule has 2 unspecified atom stereocenters. The summed E-state index contributed by atoms with van der Waals surface area (Å²) in [4.78, 5) is 0. The first kappa shape index (κ1) is 13.6. The highest BCUT2D eigenvalue weighted by molar-refractivity contribution is 7.99. The van der Waals surface area contributed by atoms with Gasteiger partial charge in [-0.05, 0) is 36.5 Å². The van der Waals surface area contributed by atoms with E-state index in [1.54, 1.807) is 0 Å². The van der Waals surface area contributed by atoms with Crippen molar-refractivity contribution >= 4 is 11.8 Å². The van der Waals surface area contributed by atoms with E-state index in [9.17, 15) is 0 Å². The molecule has 0 amide bonds. The molecular weight excluding hydrogens is 214 g/mol. The van der Waals surface area contributed by atoms with Gasteiger partial charge < -0.3 is 5.32 Å². The summed E-state index contributed by atoms with van der Waals surface area (Å²) in [5, 5.41) is 3.44. The topological polar surface area (TPSA) is 12.0 Å². The van der Waals surface area contributed by atoms with Crippen LogP contribution in [-0.2, 0) is 0 Å². The Morgan fingerprint density at radius 2 is 1.94 bits per heavy atom. The van der Waals surface area contributed by atoms with E-state index < -0.39 is 0 Å². The van der Waals surface area contributed by atoms with E-state index in [0.29, 0.717) is 12.0 Å². The van der Waals surface area contributed by atoms with Gasteiger partial charge in [0.15, 0.2) is 0 Å². The molecule has 0 saturated heterocycles. The normalized spacial score (nSPS) is 14.7. The van der Waals surface area contributed by atoms with Crippen molar-refractivity contribution in [3.63, 3.8) is 0 Å². The molecule has 0 fully saturated rings. The van der Waals surface area contributed by atoms with Gasteiger partial charge in [0.05, 0.1) is 0 Å². The Balaban J connectivity index is 2.53. The number of nitrogens with one attached hydrogen (secondary N) is 1. The maximum atomic E-state index is 3.44. The second-order valence-electron chi connectivity index (χ2n) is 4.14. The van der Waals surface area contributed by atoms with Crippen LogP contribution in [0.5, 0.6) is 0 Å². The Morgan fingerprint density at radius 1 is 1.25 bits per heavy atom. The summed E-state index contributed by atoms with van der Waals surface area (Å²) in [7, 11) is 2.06. The molecule has 1 nitrogen and oxygen atoms in total. The van der Waals surface area contributed by atoms with Crippen molar-refractivity contribution in [1.82, 2.24) is 5.32 Å². The van der Waals surface area contributed by atoms with E-state index in [2.05, 4.69) is 56.5 Å². The van der Waals surface area contributed by atoms with Gasteiger partial charge in [0.1, 0.15) is 0 Å².